The number of nitrogen functional groups attached to an aromatic ring is 1. The van der Waals surface area contributed by atoms with Crippen molar-refractivity contribution >= 4 is 17.1 Å². The highest BCUT2D eigenvalue weighted by Gasteiger charge is 2.24. The first-order valence-electron chi connectivity index (χ1n) is 5.74. The van der Waals surface area contributed by atoms with Gasteiger partial charge in [-0.15, -0.1) is 0 Å². The van der Waals surface area contributed by atoms with Crippen LogP contribution >= 0.6 is 0 Å². The van der Waals surface area contributed by atoms with Gasteiger partial charge in [0.2, 0.25) is 0 Å². The van der Waals surface area contributed by atoms with Gasteiger partial charge in [0.25, 0.3) is 0 Å². The molecule has 3 rings (SSSR count). The summed E-state index contributed by atoms with van der Waals surface area (Å²) in [6, 6.07) is 13.8. The number of fused-ring (bicyclic) bond motifs is 2. The second-order valence-corrected chi connectivity index (χ2v) is 4.01. The van der Waals surface area contributed by atoms with E-state index in [1.165, 1.54) is 0 Å². The third-order valence-electron chi connectivity index (χ3n) is 2.99. The highest BCUT2D eigenvalue weighted by Crippen LogP contribution is 2.48. The van der Waals surface area contributed by atoms with Crippen molar-refractivity contribution in [2.45, 2.75) is 6.92 Å². The molecule has 2 aromatic carbocycles. The largest absolute Gasteiger partial charge is 0.453 e. The molecule has 1 aliphatic heterocycles. The third-order valence-corrected chi connectivity index (χ3v) is 2.99. The van der Waals surface area contributed by atoms with Crippen LogP contribution in [0.1, 0.15) is 6.92 Å². The minimum atomic E-state index is 0.749. The Balaban J connectivity index is 2.23. The molecule has 3 nitrogen and oxygen atoms in total. The van der Waals surface area contributed by atoms with E-state index in [9.17, 15) is 0 Å². The van der Waals surface area contributed by atoms with Crippen molar-refractivity contribution < 1.29 is 4.74 Å². The predicted molar refractivity (Wildman–Crippen MR) is 70.1 cm³/mol. The van der Waals surface area contributed by atoms with E-state index in [0.717, 1.165) is 35.1 Å². The van der Waals surface area contributed by atoms with Gasteiger partial charge in [0.1, 0.15) is 5.69 Å². The summed E-state index contributed by atoms with van der Waals surface area (Å²) in [6.45, 7) is 2.97. The molecule has 0 atom stereocenters. The summed E-state index contributed by atoms with van der Waals surface area (Å²) < 4.78 is 5.87. The van der Waals surface area contributed by atoms with Crippen LogP contribution in [-0.2, 0) is 0 Å². The van der Waals surface area contributed by atoms with Crippen molar-refractivity contribution in [3.05, 3.63) is 42.5 Å². The smallest absolute Gasteiger partial charge is 0.153 e. The maximum absolute atomic E-state index is 6.04. The monoisotopic (exact) mass is 226 g/mol. The quantitative estimate of drug-likeness (QED) is 0.756. The van der Waals surface area contributed by atoms with E-state index in [1.54, 1.807) is 0 Å². The zero-order chi connectivity index (χ0) is 11.8. The van der Waals surface area contributed by atoms with E-state index in [0.29, 0.717) is 0 Å². The van der Waals surface area contributed by atoms with Crippen molar-refractivity contribution in [1.82, 2.24) is 0 Å². The maximum Gasteiger partial charge on any atom is 0.153 e. The highest BCUT2D eigenvalue weighted by molar-refractivity contribution is 5.85. The van der Waals surface area contributed by atoms with Crippen molar-refractivity contribution in [2.75, 3.05) is 17.2 Å². The number of para-hydroxylation sites is 3. The molecule has 2 N–H and O–H groups in total. The van der Waals surface area contributed by atoms with Crippen molar-refractivity contribution in [3.8, 4) is 11.5 Å². The number of rotatable bonds is 1. The summed E-state index contributed by atoms with van der Waals surface area (Å²) in [6.07, 6.45) is 0. The summed E-state index contributed by atoms with van der Waals surface area (Å²) in [5.74, 6) is 1.71. The normalized spacial score (nSPS) is 12.6. The van der Waals surface area contributed by atoms with Crippen molar-refractivity contribution in [2.24, 2.45) is 0 Å². The third kappa shape index (κ3) is 1.43. The molecule has 86 valence electrons. The van der Waals surface area contributed by atoms with Crippen LogP contribution < -0.4 is 15.4 Å². The second-order valence-electron chi connectivity index (χ2n) is 4.01. The standard InChI is InChI=1S/C14H14N2O/c1-2-16-11-7-3-4-8-12(11)17-13-9-5-6-10(15)14(13)16/h3-9H,2,15H2,1H3. The summed E-state index contributed by atoms with van der Waals surface area (Å²) in [7, 11) is 0. The molecule has 3 heteroatoms. The molecule has 1 aliphatic rings. The highest BCUT2D eigenvalue weighted by atomic mass is 16.5. The van der Waals surface area contributed by atoms with Gasteiger partial charge in [-0.1, -0.05) is 18.2 Å². The lowest BCUT2D eigenvalue weighted by atomic mass is 10.1. The zero-order valence-corrected chi connectivity index (χ0v) is 9.68. The van der Waals surface area contributed by atoms with E-state index < -0.39 is 0 Å². The fourth-order valence-electron chi connectivity index (χ4n) is 2.24. The Bertz CT molecular complexity index is 566. The molecule has 0 aromatic heterocycles. The van der Waals surface area contributed by atoms with Crippen LogP contribution in [0.5, 0.6) is 11.5 Å². The molecule has 0 fully saturated rings. The Kier molecular flexibility index (Phi) is 2.18. The Labute approximate surface area is 100 Å². The van der Waals surface area contributed by atoms with E-state index >= 15 is 0 Å². The molecule has 0 radical (unpaired) electrons. The van der Waals surface area contributed by atoms with Gasteiger partial charge in [-0.05, 0) is 31.2 Å². The van der Waals surface area contributed by atoms with Crippen molar-refractivity contribution in [3.63, 3.8) is 0 Å². The lowest BCUT2D eigenvalue weighted by Gasteiger charge is -2.32. The fraction of sp³-hybridized carbons (Fsp3) is 0.143. The first-order chi connectivity index (χ1) is 8.31. The first-order valence-corrected chi connectivity index (χ1v) is 5.74. The molecular formula is C14H14N2O. The summed E-state index contributed by atoms with van der Waals surface area (Å²) >= 11 is 0. The molecule has 0 spiro atoms. The van der Waals surface area contributed by atoms with Crippen molar-refractivity contribution in [1.29, 1.82) is 0 Å². The van der Waals surface area contributed by atoms with Crippen LogP contribution in [0.15, 0.2) is 42.5 Å². The number of ether oxygens (including phenoxy) is 1. The summed E-state index contributed by atoms with van der Waals surface area (Å²) in [4.78, 5) is 2.18. The molecule has 0 unspecified atom stereocenters. The van der Waals surface area contributed by atoms with Gasteiger partial charge in [-0.2, -0.15) is 0 Å². The fourth-order valence-corrected chi connectivity index (χ4v) is 2.24. The van der Waals surface area contributed by atoms with Crippen LogP contribution in [0.4, 0.5) is 17.1 Å². The number of benzene rings is 2. The van der Waals surface area contributed by atoms with Gasteiger partial charge in [0, 0.05) is 6.54 Å². The molecule has 2 aromatic rings. The predicted octanol–water partition coefficient (Wildman–Crippen LogP) is 3.53. The Morgan fingerprint density at radius 3 is 2.65 bits per heavy atom. The van der Waals surface area contributed by atoms with Gasteiger partial charge in [-0.3, -0.25) is 0 Å². The molecule has 1 heterocycles. The van der Waals surface area contributed by atoms with E-state index in [2.05, 4.69) is 11.8 Å². The Morgan fingerprint density at radius 1 is 1.06 bits per heavy atom. The molecule has 0 amide bonds. The maximum atomic E-state index is 6.04. The molecule has 17 heavy (non-hydrogen) atoms. The number of hydrogen-bond acceptors (Lipinski definition) is 3. The van der Waals surface area contributed by atoms with Gasteiger partial charge < -0.3 is 15.4 Å². The second kappa shape index (κ2) is 3.70. The van der Waals surface area contributed by atoms with Gasteiger partial charge >= 0.3 is 0 Å². The van der Waals surface area contributed by atoms with E-state index in [4.69, 9.17) is 10.5 Å². The lowest BCUT2D eigenvalue weighted by molar-refractivity contribution is 0.474. The molecule has 0 saturated carbocycles. The van der Waals surface area contributed by atoms with Crippen LogP contribution in [0, 0.1) is 0 Å². The number of nitrogens with zero attached hydrogens (tertiary/aromatic N) is 1. The molecule has 0 aliphatic carbocycles. The zero-order valence-electron chi connectivity index (χ0n) is 9.68. The van der Waals surface area contributed by atoms with Crippen LogP contribution in [0.25, 0.3) is 0 Å². The molecular weight excluding hydrogens is 212 g/mol. The number of hydrogen-bond donors (Lipinski definition) is 1. The molecule has 0 bridgehead atoms. The van der Waals surface area contributed by atoms with Crippen LogP contribution in [0.3, 0.4) is 0 Å². The van der Waals surface area contributed by atoms with E-state index in [1.807, 2.05) is 42.5 Å². The average Bonchev–Trinajstić information content (AvgIpc) is 2.36. The number of nitrogens with two attached hydrogens (primary N) is 1. The number of anilines is 3. The SMILES string of the molecule is CCN1c2ccccc2Oc2cccc(N)c21. The minimum Gasteiger partial charge on any atom is -0.453 e. The van der Waals surface area contributed by atoms with Crippen LogP contribution in [0.2, 0.25) is 0 Å². The molecule has 0 saturated heterocycles. The Hall–Kier alpha value is -2.16. The van der Waals surface area contributed by atoms with Crippen LogP contribution in [-0.4, -0.2) is 6.54 Å². The van der Waals surface area contributed by atoms with Gasteiger partial charge in [0.05, 0.1) is 11.4 Å². The van der Waals surface area contributed by atoms with Gasteiger partial charge in [0.15, 0.2) is 11.5 Å². The topological polar surface area (TPSA) is 38.5 Å². The van der Waals surface area contributed by atoms with E-state index in [-0.39, 0.29) is 0 Å². The first kappa shape index (κ1) is 10.0. The average molecular weight is 226 g/mol. The summed E-state index contributed by atoms with van der Waals surface area (Å²) in [5, 5.41) is 0. The van der Waals surface area contributed by atoms with Gasteiger partial charge in [-0.25, -0.2) is 0 Å². The lowest BCUT2D eigenvalue weighted by Crippen LogP contribution is -2.21. The Morgan fingerprint density at radius 2 is 1.82 bits per heavy atom. The summed E-state index contributed by atoms with van der Waals surface area (Å²) in [5.41, 5.74) is 8.83. The minimum absolute atomic E-state index is 0.749.